The van der Waals surface area contributed by atoms with Gasteiger partial charge < -0.3 is 41.9 Å². The van der Waals surface area contributed by atoms with Crippen molar-refractivity contribution >= 4 is 24.4 Å². The van der Waals surface area contributed by atoms with E-state index in [-0.39, 0.29) is 26.4 Å². The predicted octanol–water partition coefficient (Wildman–Crippen LogP) is 1.97. The fraction of sp³-hybridized carbons (Fsp3) is 0.778. The zero-order chi connectivity index (χ0) is 23.8. The third-order valence-corrected chi connectivity index (χ3v) is 3.96. The van der Waals surface area contributed by atoms with Gasteiger partial charge >= 0.3 is 24.4 Å². The van der Waals surface area contributed by atoms with Crippen molar-refractivity contribution in [1.29, 1.82) is 0 Å². The summed E-state index contributed by atoms with van der Waals surface area (Å²) in [6.07, 6.45) is -0.108. The molecule has 0 aliphatic carbocycles. The summed E-state index contributed by atoms with van der Waals surface area (Å²) in [6.45, 7) is 8.09. The van der Waals surface area contributed by atoms with Crippen LogP contribution in [-0.2, 0) is 18.9 Å². The van der Waals surface area contributed by atoms with E-state index in [0.717, 1.165) is 25.7 Å². The average Bonchev–Trinajstić information content (AvgIpc) is 2.63. The summed E-state index contributed by atoms with van der Waals surface area (Å²) in [6, 6.07) is 0. The molecule has 0 unspecified atom stereocenters. The molecule has 12 heteroatoms. The van der Waals surface area contributed by atoms with Crippen molar-refractivity contribution in [2.45, 2.75) is 53.4 Å². The van der Waals surface area contributed by atoms with Crippen molar-refractivity contribution in [1.82, 2.24) is 0 Å². The van der Waals surface area contributed by atoms with E-state index in [1.807, 2.05) is 27.7 Å². The minimum atomic E-state index is -0.837. The van der Waals surface area contributed by atoms with E-state index in [1.54, 1.807) is 0 Å². The molecule has 0 saturated carbocycles. The van der Waals surface area contributed by atoms with Crippen molar-refractivity contribution < 1.29 is 38.1 Å². The second-order valence-corrected chi connectivity index (χ2v) is 7.55. The quantitative estimate of drug-likeness (QED) is 0.331. The summed E-state index contributed by atoms with van der Waals surface area (Å²) in [5.41, 5.74) is 18.6. The standard InChI is InChI=1S/2C9H18N2O4/c2*1-3-4-9(2,5-14-7(10)12)6-15-8(11)13/h2*3-6H2,1-2H3,(H2,10,12)(H2,11,13). The summed E-state index contributed by atoms with van der Waals surface area (Å²) in [7, 11) is 0. The van der Waals surface area contributed by atoms with E-state index in [0.29, 0.717) is 0 Å². The Morgan fingerprint density at radius 1 is 0.567 bits per heavy atom. The minimum Gasteiger partial charge on any atom is -0.449 e. The smallest absolute Gasteiger partial charge is 0.404 e. The van der Waals surface area contributed by atoms with Gasteiger partial charge in [-0.15, -0.1) is 0 Å². The van der Waals surface area contributed by atoms with Crippen molar-refractivity contribution in [2.75, 3.05) is 26.4 Å². The largest absolute Gasteiger partial charge is 0.449 e. The lowest BCUT2D eigenvalue weighted by atomic mass is 9.87. The molecule has 0 aromatic carbocycles. The Morgan fingerprint density at radius 2 is 0.767 bits per heavy atom. The van der Waals surface area contributed by atoms with Gasteiger partial charge in [0.05, 0.1) is 0 Å². The molecule has 176 valence electrons. The van der Waals surface area contributed by atoms with Gasteiger partial charge in [-0.3, -0.25) is 0 Å². The van der Waals surface area contributed by atoms with Crippen LogP contribution in [0.2, 0.25) is 0 Å². The number of primary amides is 4. The minimum absolute atomic E-state index is 0.115. The van der Waals surface area contributed by atoms with Crippen LogP contribution in [0, 0.1) is 10.8 Å². The van der Waals surface area contributed by atoms with E-state index < -0.39 is 35.2 Å². The Kier molecular flexibility index (Phi) is 14.6. The number of carbonyl (C=O) groups excluding carboxylic acids is 4. The molecule has 0 bridgehead atoms. The molecular weight excluding hydrogens is 400 g/mol. The fourth-order valence-electron chi connectivity index (χ4n) is 2.56. The fourth-order valence-corrected chi connectivity index (χ4v) is 2.56. The first kappa shape index (κ1) is 29.3. The lowest BCUT2D eigenvalue weighted by molar-refractivity contribution is 0.0362. The molecule has 0 radical (unpaired) electrons. The van der Waals surface area contributed by atoms with Crippen LogP contribution >= 0.6 is 0 Å². The lowest BCUT2D eigenvalue weighted by Gasteiger charge is -2.27. The van der Waals surface area contributed by atoms with Crippen LogP contribution in [0.3, 0.4) is 0 Å². The number of amides is 4. The van der Waals surface area contributed by atoms with Crippen molar-refractivity contribution in [3.05, 3.63) is 0 Å². The molecule has 0 aromatic heterocycles. The Morgan fingerprint density at radius 3 is 0.900 bits per heavy atom. The molecule has 0 aliphatic rings. The van der Waals surface area contributed by atoms with Gasteiger partial charge in [-0.25, -0.2) is 19.2 Å². The van der Waals surface area contributed by atoms with Gasteiger partial charge in [0.1, 0.15) is 26.4 Å². The summed E-state index contributed by atoms with van der Waals surface area (Å²) < 4.78 is 18.8. The van der Waals surface area contributed by atoms with E-state index in [4.69, 9.17) is 41.9 Å². The first-order valence-corrected chi connectivity index (χ1v) is 9.48. The molecule has 30 heavy (non-hydrogen) atoms. The van der Waals surface area contributed by atoms with Crippen LogP contribution in [0.15, 0.2) is 0 Å². The summed E-state index contributed by atoms with van der Waals surface area (Å²) in [5.74, 6) is 0. The van der Waals surface area contributed by atoms with Gasteiger partial charge in [-0.05, 0) is 12.8 Å². The number of rotatable bonds is 12. The van der Waals surface area contributed by atoms with E-state index in [9.17, 15) is 19.2 Å². The zero-order valence-corrected chi connectivity index (χ0v) is 18.2. The number of carbonyl (C=O) groups is 4. The van der Waals surface area contributed by atoms with Crippen molar-refractivity contribution in [3.8, 4) is 0 Å². The second kappa shape index (κ2) is 15.0. The maximum absolute atomic E-state index is 10.5. The van der Waals surface area contributed by atoms with E-state index in [2.05, 4.69) is 0 Å². The van der Waals surface area contributed by atoms with Crippen LogP contribution in [0.4, 0.5) is 19.2 Å². The lowest BCUT2D eigenvalue weighted by Crippen LogP contribution is -2.33. The number of ether oxygens (including phenoxy) is 4. The highest BCUT2D eigenvalue weighted by atomic mass is 16.6. The molecule has 0 saturated heterocycles. The van der Waals surface area contributed by atoms with Gasteiger partial charge in [0, 0.05) is 10.8 Å². The van der Waals surface area contributed by atoms with E-state index in [1.165, 1.54) is 0 Å². The van der Waals surface area contributed by atoms with Crippen molar-refractivity contribution in [3.63, 3.8) is 0 Å². The highest BCUT2D eigenvalue weighted by molar-refractivity contribution is 5.65. The zero-order valence-electron chi connectivity index (χ0n) is 18.2. The predicted molar refractivity (Wildman–Crippen MR) is 108 cm³/mol. The highest BCUT2D eigenvalue weighted by Crippen LogP contribution is 2.25. The molecule has 0 spiro atoms. The Bertz CT molecular complexity index is 472. The Balaban J connectivity index is 0. The van der Waals surface area contributed by atoms with Crippen LogP contribution in [-0.4, -0.2) is 50.8 Å². The molecule has 0 aliphatic heterocycles. The van der Waals surface area contributed by atoms with Crippen LogP contribution in [0.1, 0.15) is 53.4 Å². The molecule has 12 nitrogen and oxygen atoms in total. The van der Waals surface area contributed by atoms with Crippen LogP contribution in [0.25, 0.3) is 0 Å². The molecule has 0 heterocycles. The Labute approximate surface area is 176 Å². The number of hydrogen-bond donors (Lipinski definition) is 4. The van der Waals surface area contributed by atoms with Crippen LogP contribution in [0.5, 0.6) is 0 Å². The molecule has 0 atom stereocenters. The van der Waals surface area contributed by atoms with Gasteiger partial charge in [-0.1, -0.05) is 40.5 Å². The maximum Gasteiger partial charge on any atom is 0.404 e. The molecule has 0 rings (SSSR count). The maximum atomic E-state index is 10.5. The van der Waals surface area contributed by atoms with Gasteiger partial charge in [-0.2, -0.15) is 0 Å². The summed E-state index contributed by atoms with van der Waals surface area (Å²) >= 11 is 0. The third kappa shape index (κ3) is 17.2. The number of nitrogens with two attached hydrogens (primary N) is 4. The van der Waals surface area contributed by atoms with Gasteiger partial charge in [0.15, 0.2) is 0 Å². The molecular formula is C18H36N4O8. The highest BCUT2D eigenvalue weighted by Gasteiger charge is 2.27. The molecule has 8 N–H and O–H groups in total. The first-order valence-electron chi connectivity index (χ1n) is 9.48. The Hall–Kier alpha value is -2.92. The summed E-state index contributed by atoms with van der Waals surface area (Å²) in [4.78, 5) is 41.8. The SMILES string of the molecule is CCCC(C)(COC(N)=O)COC(N)=O.CCCC(C)(COC(N)=O)COC(N)=O. The monoisotopic (exact) mass is 436 g/mol. The van der Waals surface area contributed by atoms with E-state index >= 15 is 0 Å². The molecule has 0 fully saturated rings. The second-order valence-electron chi connectivity index (χ2n) is 7.55. The van der Waals surface area contributed by atoms with Gasteiger partial charge in [0.2, 0.25) is 0 Å². The number of hydrogen-bond acceptors (Lipinski definition) is 8. The average molecular weight is 437 g/mol. The van der Waals surface area contributed by atoms with Gasteiger partial charge in [0.25, 0.3) is 0 Å². The molecule has 0 aromatic rings. The molecule has 4 amide bonds. The summed E-state index contributed by atoms with van der Waals surface area (Å²) in [5, 5.41) is 0. The normalized spacial score (nSPS) is 10.8. The van der Waals surface area contributed by atoms with Crippen LogP contribution < -0.4 is 22.9 Å². The van der Waals surface area contributed by atoms with Crippen molar-refractivity contribution in [2.24, 2.45) is 33.8 Å². The topological polar surface area (TPSA) is 209 Å². The third-order valence-electron chi connectivity index (χ3n) is 3.96. The first-order chi connectivity index (χ1) is 13.8.